The van der Waals surface area contributed by atoms with Gasteiger partial charge in [0.1, 0.15) is 5.78 Å². The molecule has 0 aliphatic heterocycles. The van der Waals surface area contributed by atoms with E-state index in [1.165, 1.54) is 5.56 Å². The van der Waals surface area contributed by atoms with Crippen molar-refractivity contribution in [3.05, 3.63) is 90.0 Å². The first-order valence-corrected chi connectivity index (χ1v) is 12.9. The number of anilines is 2. The third-order valence-electron chi connectivity index (χ3n) is 5.43. The van der Waals surface area contributed by atoms with Gasteiger partial charge in [-0.25, -0.2) is 0 Å². The summed E-state index contributed by atoms with van der Waals surface area (Å²) in [5.74, 6) is -0.0828. The second kappa shape index (κ2) is 10.4. The number of para-hydroxylation sites is 1. The Hall–Kier alpha value is -2.55. The van der Waals surface area contributed by atoms with Gasteiger partial charge in [0, 0.05) is 30.8 Å². The van der Waals surface area contributed by atoms with Crippen molar-refractivity contribution in [1.82, 2.24) is 0 Å². The van der Waals surface area contributed by atoms with E-state index in [2.05, 4.69) is 43.4 Å². The van der Waals surface area contributed by atoms with E-state index in [9.17, 15) is 4.57 Å². The molecule has 5 heteroatoms. The lowest BCUT2D eigenvalue weighted by Crippen LogP contribution is -2.23. The van der Waals surface area contributed by atoms with E-state index in [4.69, 9.17) is 4.52 Å². The molecule has 3 rings (SSSR count). The van der Waals surface area contributed by atoms with E-state index < -0.39 is 13.2 Å². The van der Waals surface area contributed by atoms with Gasteiger partial charge < -0.3 is 14.7 Å². The smallest absolute Gasteiger partial charge is 0.258 e. The van der Waals surface area contributed by atoms with Crippen LogP contribution >= 0.6 is 7.37 Å². The molecule has 0 heterocycles. The number of rotatable bonds is 9. The molecule has 0 amide bonds. The van der Waals surface area contributed by atoms with Crippen LogP contribution in [-0.2, 0) is 9.09 Å². The highest BCUT2D eigenvalue weighted by molar-refractivity contribution is 7.67. The Balaban J connectivity index is 2.12. The van der Waals surface area contributed by atoms with Gasteiger partial charge in [-0.2, -0.15) is 0 Å². The van der Waals surface area contributed by atoms with Crippen LogP contribution in [0.2, 0.25) is 0 Å². The number of nitrogens with one attached hydrogen (secondary N) is 1. The van der Waals surface area contributed by atoms with Gasteiger partial charge in [0.15, 0.2) is 0 Å². The van der Waals surface area contributed by atoms with Crippen molar-refractivity contribution in [3.63, 3.8) is 0 Å². The summed E-state index contributed by atoms with van der Waals surface area (Å²) < 4.78 is 21.0. The van der Waals surface area contributed by atoms with Gasteiger partial charge in [-0.05, 0) is 67.3 Å². The third kappa shape index (κ3) is 5.62. The molecule has 3 aromatic carbocycles. The molecule has 0 unspecified atom stereocenters. The summed E-state index contributed by atoms with van der Waals surface area (Å²) in [6.45, 7) is 8.21. The fraction of sp³-hybridized carbons (Fsp3) is 0.333. The van der Waals surface area contributed by atoms with Crippen LogP contribution in [0, 0.1) is 0 Å². The molecule has 1 N–H and O–H groups in total. The monoisotopic (exact) mass is 450 g/mol. The number of nitrogens with zero attached hydrogens (tertiary/aromatic N) is 1. The summed E-state index contributed by atoms with van der Waals surface area (Å²) in [5, 5.41) is 4.23. The van der Waals surface area contributed by atoms with Crippen molar-refractivity contribution in [2.75, 3.05) is 24.3 Å². The summed E-state index contributed by atoms with van der Waals surface area (Å²) in [6.07, 6.45) is -0.190. The Kier molecular flexibility index (Phi) is 7.82. The van der Waals surface area contributed by atoms with Crippen LogP contribution in [0.15, 0.2) is 78.9 Å². The van der Waals surface area contributed by atoms with Crippen molar-refractivity contribution in [2.45, 2.75) is 45.5 Å². The second-order valence-corrected chi connectivity index (χ2v) is 11.3. The summed E-state index contributed by atoms with van der Waals surface area (Å²) in [7, 11) is 0.647. The van der Waals surface area contributed by atoms with Gasteiger partial charge in [-0.1, -0.05) is 56.3 Å². The first kappa shape index (κ1) is 24.1. The fourth-order valence-corrected chi connectivity index (χ4v) is 6.28. The van der Waals surface area contributed by atoms with Crippen LogP contribution in [0.4, 0.5) is 11.4 Å². The Labute approximate surface area is 193 Å². The molecular formula is C27H35N2O2P. The van der Waals surface area contributed by atoms with E-state index >= 15 is 0 Å². The average Bonchev–Trinajstić information content (AvgIpc) is 2.77. The SMILES string of the molecule is CC(C)O[P@@](=O)(c1ccc(N(C)C)cc1)[C@H](Nc1ccccc1)c1ccc(C(C)C)cc1. The Morgan fingerprint density at radius 3 is 1.84 bits per heavy atom. The fourth-order valence-electron chi connectivity index (χ4n) is 3.66. The van der Waals surface area contributed by atoms with Crippen LogP contribution in [0.3, 0.4) is 0 Å². The zero-order chi connectivity index (χ0) is 23.3. The maximum absolute atomic E-state index is 14.7. The molecule has 0 bridgehead atoms. The molecule has 0 spiro atoms. The van der Waals surface area contributed by atoms with Gasteiger partial charge in [-0.15, -0.1) is 0 Å². The lowest BCUT2D eigenvalue weighted by atomic mass is 10.0. The normalized spacial score (nSPS) is 14.2. The highest BCUT2D eigenvalue weighted by Gasteiger charge is 2.38. The van der Waals surface area contributed by atoms with Crippen molar-refractivity contribution >= 4 is 24.0 Å². The van der Waals surface area contributed by atoms with Crippen molar-refractivity contribution in [3.8, 4) is 0 Å². The van der Waals surface area contributed by atoms with Crippen LogP contribution < -0.4 is 15.5 Å². The Morgan fingerprint density at radius 1 is 0.781 bits per heavy atom. The first-order valence-electron chi connectivity index (χ1n) is 11.2. The van der Waals surface area contributed by atoms with E-state index in [-0.39, 0.29) is 6.10 Å². The molecule has 3 aromatic rings. The van der Waals surface area contributed by atoms with Gasteiger partial charge in [0.25, 0.3) is 7.37 Å². The molecule has 0 radical (unpaired) electrons. The largest absolute Gasteiger partial charge is 0.378 e. The highest BCUT2D eigenvalue weighted by Crippen LogP contribution is 2.59. The standard InChI is InChI=1S/C27H35N2O2P/c1-20(2)22-12-14-23(15-13-22)27(28-24-10-8-7-9-11-24)32(30,31-21(3)4)26-18-16-25(17-19-26)29(5)6/h7-21,27-28H,1-6H3/t27-,32-/m0/s1. The highest BCUT2D eigenvalue weighted by atomic mass is 31.2. The summed E-state index contributed by atoms with van der Waals surface area (Å²) in [6, 6.07) is 26.1. The van der Waals surface area contributed by atoms with Crippen LogP contribution in [0.25, 0.3) is 0 Å². The second-order valence-electron chi connectivity index (χ2n) is 8.90. The maximum Gasteiger partial charge on any atom is 0.258 e. The summed E-state index contributed by atoms with van der Waals surface area (Å²) >= 11 is 0. The van der Waals surface area contributed by atoms with Gasteiger partial charge in [0.2, 0.25) is 0 Å². The lowest BCUT2D eigenvalue weighted by molar-refractivity contribution is 0.245. The Bertz CT molecular complexity index is 1030. The van der Waals surface area contributed by atoms with Gasteiger partial charge >= 0.3 is 0 Å². The molecule has 0 aliphatic carbocycles. The minimum atomic E-state index is -3.34. The van der Waals surface area contributed by atoms with Crippen LogP contribution in [0.1, 0.15) is 50.5 Å². The number of hydrogen-bond acceptors (Lipinski definition) is 4. The molecule has 32 heavy (non-hydrogen) atoms. The zero-order valence-electron chi connectivity index (χ0n) is 19.9. The molecule has 0 aliphatic rings. The number of benzene rings is 3. The maximum atomic E-state index is 14.7. The van der Waals surface area contributed by atoms with Crippen LogP contribution in [-0.4, -0.2) is 20.2 Å². The van der Waals surface area contributed by atoms with Crippen molar-refractivity contribution in [2.24, 2.45) is 0 Å². The van der Waals surface area contributed by atoms with Gasteiger partial charge in [0.05, 0.1) is 6.10 Å². The van der Waals surface area contributed by atoms with E-state index in [0.717, 1.165) is 16.9 Å². The predicted molar refractivity (Wildman–Crippen MR) is 138 cm³/mol. The van der Waals surface area contributed by atoms with Gasteiger partial charge in [-0.3, -0.25) is 4.57 Å². The molecule has 2 atom stereocenters. The molecular weight excluding hydrogens is 415 g/mol. The Morgan fingerprint density at radius 2 is 1.34 bits per heavy atom. The minimum Gasteiger partial charge on any atom is -0.378 e. The lowest BCUT2D eigenvalue weighted by Gasteiger charge is -2.31. The molecule has 0 aromatic heterocycles. The van der Waals surface area contributed by atoms with E-state index in [0.29, 0.717) is 11.2 Å². The predicted octanol–water partition coefficient (Wildman–Crippen LogP) is 7.02. The average molecular weight is 451 g/mol. The topological polar surface area (TPSA) is 41.6 Å². The molecule has 4 nitrogen and oxygen atoms in total. The third-order valence-corrected chi connectivity index (χ3v) is 8.29. The number of hydrogen-bond donors (Lipinski definition) is 1. The van der Waals surface area contributed by atoms with E-state index in [1.807, 2.05) is 87.4 Å². The van der Waals surface area contributed by atoms with Crippen molar-refractivity contribution < 1.29 is 9.09 Å². The summed E-state index contributed by atoms with van der Waals surface area (Å²) in [5.41, 5.74) is 4.16. The molecule has 0 fully saturated rings. The zero-order valence-corrected chi connectivity index (χ0v) is 20.8. The molecule has 0 saturated heterocycles. The van der Waals surface area contributed by atoms with E-state index in [1.54, 1.807) is 0 Å². The first-order chi connectivity index (χ1) is 15.2. The summed E-state index contributed by atoms with van der Waals surface area (Å²) in [4.78, 5) is 2.03. The molecule has 170 valence electrons. The minimum absolute atomic E-state index is 0.190. The van der Waals surface area contributed by atoms with Crippen LogP contribution in [0.5, 0.6) is 0 Å². The quantitative estimate of drug-likeness (QED) is 0.356. The molecule has 0 saturated carbocycles. The van der Waals surface area contributed by atoms with Crippen molar-refractivity contribution in [1.29, 1.82) is 0 Å².